The molecule has 0 aliphatic carbocycles. The smallest absolute Gasteiger partial charge is 0.124 e. The summed E-state index contributed by atoms with van der Waals surface area (Å²) >= 11 is 13.0. The van der Waals surface area contributed by atoms with Crippen molar-refractivity contribution in [2.75, 3.05) is 5.33 Å². The topological polar surface area (TPSA) is 0 Å². The zero-order chi connectivity index (χ0) is 14.5. The second-order valence-electron chi connectivity index (χ2n) is 4.79. The molecule has 2 rings (SSSR count). The van der Waals surface area contributed by atoms with Gasteiger partial charge in [-0.1, -0.05) is 61.7 Å². The van der Waals surface area contributed by atoms with E-state index in [2.05, 4.69) is 37.9 Å². The Morgan fingerprint density at radius 3 is 2.55 bits per heavy atom. The minimum absolute atomic E-state index is 0.217. The van der Waals surface area contributed by atoms with Gasteiger partial charge in [-0.2, -0.15) is 0 Å². The predicted octanol–water partition coefficient (Wildman–Crippen LogP) is 6.04. The normalized spacial score (nSPS) is 12.4. The van der Waals surface area contributed by atoms with Gasteiger partial charge in [0, 0.05) is 14.8 Å². The van der Waals surface area contributed by atoms with Crippen LogP contribution in [-0.2, 0) is 12.8 Å². The van der Waals surface area contributed by atoms with Gasteiger partial charge in [-0.05, 0) is 54.2 Å². The molecule has 0 saturated carbocycles. The summed E-state index contributed by atoms with van der Waals surface area (Å²) in [6.07, 6.45) is 1.83. The highest BCUT2D eigenvalue weighted by Crippen LogP contribution is 2.24. The molecular weight excluding hydrogens is 406 g/mol. The average molecular weight is 421 g/mol. The summed E-state index contributed by atoms with van der Waals surface area (Å²) in [5, 5.41) is 1.65. The Kier molecular flexibility index (Phi) is 6.06. The highest BCUT2D eigenvalue weighted by molar-refractivity contribution is 9.10. The predicted molar refractivity (Wildman–Crippen MR) is 90.2 cm³/mol. The van der Waals surface area contributed by atoms with Crippen molar-refractivity contribution in [2.24, 2.45) is 5.92 Å². The molecule has 20 heavy (non-hydrogen) atoms. The summed E-state index contributed by atoms with van der Waals surface area (Å²) < 4.78 is 13.9. The van der Waals surface area contributed by atoms with E-state index in [-0.39, 0.29) is 5.82 Å². The maximum atomic E-state index is 13.1. The molecule has 0 spiro atoms. The van der Waals surface area contributed by atoms with Crippen LogP contribution in [0.5, 0.6) is 0 Å². The van der Waals surface area contributed by atoms with Crippen LogP contribution in [-0.4, -0.2) is 5.33 Å². The zero-order valence-corrected chi connectivity index (χ0v) is 14.7. The van der Waals surface area contributed by atoms with E-state index in [9.17, 15) is 4.39 Å². The van der Waals surface area contributed by atoms with Crippen LogP contribution in [0, 0.1) is 11.7 Å². The summed E-state index contributed by atoms with van der Waals surface area (Å²) in [4.78, 5) is 0. The van der Waals surface area contributed by atoms with Gasteiger partial charge in [0.05, 0.1) is 0 Å². The molecule has 0 bridgehead atoms. The highest BCUT2D eigenvalue weighted by Gasteiger charge is 2.12. The first-order valence-electron chi connectivity index (χ1n) is 6.33. The first-order valence-corrected chi connectivity index (χ1v) is 8.62. The van der Waals surface area contributed by atoms with Gasteiger partial charge >= 0.3 is 0 Å². The number of benzene rings is 2. The Hall–Kier alpha value is -0.380. The largest absolute Gasteiger partial charge is 0.207 e. The van der Waals surface area contributed by atoms with Gasteiger partial charge in [0.2, 0.25) is 0 Å². The molecule has 0 aliphatic heterocycles. The Morgan fingerprint density at radius 2 is 1.90 bits per heavy atom. The van der Waals surface area contributed by atoms with E-state index in [1.165, 1.54) is 17.7 Å². The van der Waals surface area contributed by atoms with Crippen molar-refractivity contribution < 1.29 is 4.39 Å². The van der Waals surface area contributed by atoms with Crippen LogP contribution in [0.4, 0.5) is 4.39 Å². The van der Waals surface area contributed by atoms with Crippen LogP contribution >= 0.6 is 43.5 Å². The van der Waals surface area contributed by atoms with E-state index >= 15 is 0 Å². The fourth-order valence-electron chi connectivity index (χ4n) is 2.18. The second-order valence-corrected chi connectivity index (χ2v) is 6.73. The van der Waals surface area contributed by atoms with Crippen LogP contribution in [0.25, 0.3) is 0 Å². The van der Waals surface area contributed by atoms with Gasteiger partial charge in [-0.25, -0.2) is 4.39 Å². The zero-order valence-electron chi connectivity index (χ0n) is 10.8. The van der Waals surface area contributed by atoms with E-state index in [4.69, 9.17) is 11.6 Å². The van der Waals surface area contributed by atoms with Crippen LogP contribution in [0.15, 0.2) is 46.9 Å². The molecule has 0 saturated heterocycles. The Bertz CT molecular complexity index is 586. The number of rotatable bonds is 5. The average Bonchev–Trinajstić information content (AvgIpc) is 2.41. The summed E-state index contributed by atoms with van der Waals surface area (Å²) in [5.74, 6) is 0.223. The van der Waals surface area contributed by atoms with Crippen molar-refractivity contribution in [2.45, 2.75) is 12.8 Å². The first kappa shape index (κ1) is 16.0. The minimum atomic E-state index is -0.217. The Labute approximate surface area is 140 Å². The molecule has 0 fully saturated rings. The lowest BCUT2D eigenvalue weighted by atomic mass is 9.94. The van der Waals surface area contributed by atoms with Crippen molar-refractivity contribution in [3.8, 4) is 0 Å². The van der Waals surface area contributed by atoms with E-state index in [1.807, 2.05) is 24.3 Å². The van der Waals surface area contributed by atoms with Crippen molar-refractivity contribution in [1.29, 1.82) is 0 Å². The summed E-state index contributed by atoms with van der Waals surface area (Å²) in [6, 6.07) is 12.8. The molecule has 1 unspecified atom stereocenters. The van der Waals surface area contributed by atoms with Gasteiger partial charge in [0.15, 0.2) is 0 Å². The van der Waals surface area contributed by atoms with Crippen LogP contribution < -0.4 is 0 Å². The third-order valence-corrected chi connectivity index (χ3v) is 5.04. The summed E-state index contributed by atoms with van der Waals surface area (Å²) in [6.45, 7) is 0. The quantitative estimate of drug-likeness (QED) is 0.518. The Morgan fingerprint density at radius 1 is 1.10 bits per heavy atom. The molecule has 0 N–H and O–H groups in total. The lowest BCUT2D eigenvalue weighted by molar-refractivity contribution is 0.586. The number of hydrogen-bond donors (Lipinski definition) is 0. The van der Waals surface area contributed by atoms with Crippen LogP contribution in [0.2, 0.25) is 5.02 Å². The van der Waals surface area contributed by atoms with Crippen molar-refractivity contribution in [1.82, 2.24) is 0 Å². The summed E-state index contributed by atoms with van der Waals surface area (Å²) in [5.41, 5.74) is 2.35. The van der Waals surface area contributed by atoms with E-state index in [0.717, 1.165) is 33.2 Å². The number of alkyl halides is 1. The standard InChI is InChI=1S/C16H14Br2ClF/c17-10-12(6-11-2-1-3-14(19)8-11)7-13-4-5-15(20)9-16(13)18/h1-5,8-9,12H,6-7,10H2. The molecule has 0 radical (unpaired) electrons. The van der Waals surface area contributed by atoms with E-state index < -0.39 is 0 Å². The molecule has 2 aromatic rings. The number of hydrogen-bond acceptors (Lipinski definition) is 0. The fraction of sp³-hybridized carbons (Fsp3) is 0.250. The number of halogens is 4. The molecule has 0 amide bonds. The maximum absolute atomic E-state index is 13.1. The molecule has 0 aliphatic rings. The lowest BCUT2D eigenvalue weighted by Gasteiger charge is -2.15. The monoisotopic (exact) mass is 418 g/mol. The lowest BCUT2D eigenvalue weighted by Crippen LogP contribution is -2.10. The fourth-order valence-corrected chi connectivity index (χ4v) is 3.36. The highest BCUT2D eigenvalue weighted by atomic mass is 79.9. The van der Waals surface area contributed by atoms with Crippen LogP contribution in [0.3, 0.4) is 0 Å². The Balaban J connectivity index is 2.09. The molecule has 0 aromatic heterocycles. The van der Waals surface area contributed by atoms with E-state index in [0.29, 0.717) is 5.92 Å². The van der Waals surface area contributed by atoms with Gasteiger partial charge in [0.25, 0.3) is 0 Å². The SMILES string of the molecule is Fc1ccc(CC(CBr)Cc2cccc(Cl)c2)c(Br)c1. The molecule has 0 heterocycles. The molecule has 1 atom stereocenters. The molecular formula is C16H14Br2ClF. The molecule has 106 valence electrons. The molecule has 4 heteroatoms. The van der Waals surface area contributed by atoms with Gasteiger partial charge in [-0.15, -0.1) is 0 Å². The van der Waals surface area contributed by atoms with Gasteiger partial charge in [0.1, 0.15) is 5.82 Å². The molecule has 0 nitrogen and oxygen atoms in total. The van der Waals surface area contributed by atoms with Gasteiger partial charge in [-0.3, -0.25) is 0 Å². The van der Waals surface area contributed by atoms with Crippen molar-refractivity contribution in [3.05, 3.63) is 68.9 Å². The van der Waals surface area contributed by atoms with Gasteiger partial charge < -0.3 is 0 Å². The first-order chi connectivity index (χ1) is 9.58. The summed E-state index contributed by atoms with van der Waals surface area (Å²) in [7, 11) is 0. The second kappa shape index (κ2) is 7.58. The van der Waals surface area contributed by atoms with Crippen molar-refractivity contribution >= 4 is 43.5 Å². The third-order valence-electron chi connectivity index (χ3n) is 3.16. The maximum Gasteiger partial charge on any atom is 0.124 e. The molecule has 2 aromatic carbocycles. The van der Waals surface area contributed by atoms with Crippen LogP contribution in [0.1, 0.15) is 11.1 Å². The van der Waals surface area contributed by atoms with E-state index in [1.54, 1.807) is 0 Å². The van der Waals surface area contributed by atoms with Crippen molar-refractivity contribution in [3.63, 3.8) is 0 Å². The minimum Gasteiger partial charge on any atom is -0.207 e. The third kappa shape index (κ3) is 4.57.